The van der Waals surface area contributed by atoms with Gasteiger partial charge in [-0.05, 0) is 36.0 Å². The van der Waals surface area contributed by atoms with Gasteiger partial charge in [0, 0.05) is 30.2 Å². The van der Waals surface area contributed by atoms with E-state index in [9.17, 15) is 4.79 Å². The monoisotopic (exact) mass is 514 g/mol. The molecule has 1 amide bonds. The molecule has 180 valence electrons. The number of carbonyl (C=O) groups is 1. The van der Waals surface area contributed by atoms with Crippen molar-refractivity contribution in [3.63, 3.8) is 0 Å². The van der Waals surface area contributed by atoms with Crippen molar-refractivity contribution in [1.82, 2.24) is 30.4 Å². The predicted octanol–water partition coefficient (Wildman–Crippen LogP) is 4.88. The number of hydrogen-bond acceptors (Lipinski definition) is 7. The van der Waals surface area contributed by atoms with E-state index in [-0.39, 0.29) is 11.0 Å². The van der Waals surface area contributed by atoms with Crippen LogP contribution < -0.4 is 10.6 Å². The fourth-order valence-electron chi connectivity index (χ4n) is 3.50. The van der Waals surface area contributed by atoms with E-state index in [0.717, 1.165) is 44.7 Å². The second-order valence-corrected chi connectivity index (χ2v) is 9.21. The summed E-state index contributed by atoms with van der Waals surface area (Å²) in [4.78, 5) is 13.0. The summed E-state index contributed by atoms with van der Waals surface area (Å²) in [5, 5.41) is 19.7. The van der Waals surface area contributed by atoms with Crippen LogP contribution in [0.3, 0.4) is 0 Å². The number of benzene rings is 2. The van der Waals surface area contributed by atoms with Gasteiger partial charge in [0.15, 0.2) is 10.9 Å². The highest BCUT2D eigenvalue weighted by molar-refractivity contribution is 7.80. The molecule has 2 N–H and O–H groups in total. The van der Waals surface area contributed by atoms with Crippen LogP contribution in [0.25, 0.3) is 32.9 Å². The number of rotatable bonds is 7. The molecule has 0 radical (unpaired) electrons. The van der Waals surface area contributed by atoms with Crippen LogP contribution in [0, 0.1) is 0 Å². The summed E-state index contributed by atoms with van der Waals surface area (Å²) in [6.07, 6.45) is 3.78. The van der Waals surface area contributed by atoms with Gasteiger partial charge in [-0.25, -0.2) is 0 Å². The summed E-state index contributed by atoms with van der Waals surface area (Å²) in [7, 11) is 0. The number of furan rings is 1. The Balaban J connectivity index is 1.12. The Morgan fingerprint density at radius 2 is 1.86 bits per heavy atom. The van der Waals surface area contributed by atoms with Crippen LogP contribution in [-0.4, -0.2) is 30.8 Å². The van der Waals surface area contributed by atoms with Gasteiger partial charge in [-0.15, -0.1) is 10.2 Å². The van der Waals surface area contributed by atoms with E-state index in [1.807, 2.05) is 73.7 Å². The molecule has 36 heavy (non-hydrogen) atoms. The summed E-state index contributed by atoms with van der Waals surface area (Å²) >= 11 is 6.76. The van der Waals surface area contributed by atoms with Crippen molar-refractivity contribution < 1.29 is 9.21 Å². The van der Waals surface area contributed by atoms with Crippen molar-refractivity contribution in [2.45, 2.75) is 19.9 Å². The average molecular weight is 515 g/mol. The van der Waals surface area contributed by atoms with E-state index in [1.165, 1.54) is 17.4 Å². The zero-order chi connectivity index (χ0) is 24.9. The van der Waals surface area contributed by atoms with Gasteiger partial charge in [0.1, 0.15) is 16.5 Å². The number of nitrogens with one attached hydrogen (secondary N) is 2. The summed E-state index contributed by atoms with van der Waals surface area (Å²) in [6, 6.07) is 21.5. The average Bonchev–Trinajstić information content (AvgIpc) is 3.63. The topological polar surface area (TPSA) is 97.3 Å². The Labute approximate surface area is 216 Å². The van der Waals surface area contributed by atoms with Crippen LogP contribution in [0.4, 0.5) is 0 Å². The lowest BCUT2D eigenvalue weighted by molar-refractivity contribution is -0.115. The normalized spacial score (nSPS) is 11.2. The van der Waals surface area contributed by atoms with Crippen molar-refractivity contribution in [1.29, 1.82) is 0 Å². The fraction of sp³-hybridized carbons (Fsp3) is 0.115. The Morgan fingerprint density at radius 1 is 1.06 bits per heavy atom. The van der Waals surface area contributed by atoms with Gasteiger partial charge < -0.3 is 9.73 Å². The molecule has 0 aliphatic rings. The number of thiocarbonyl (C=S) groups is 1. The number of fused-ring (bicyclic) bond motifs is 1. The summed E-state index contributed by atoms with van der Waals surface area (Å²) in [6.45, 7) is 2.51. The molecule has 8 nitrogen and oxygen atoms in total. The summed E-state index contributed by atoms with van der Waals surface area (Å²) < 4.78 is 7.56. The van der Waals surface area contributed by atoms with E-state index in [2.05, 4.69) is 25.9 Å². The third-order valence-electron chi connectivity index (χ3n) is 5.35. The maximum absolute atomic E-state index is 12.2. The molecule has 10 heteroatoms. The van der Waals surface area contributed by atoms with Gasteiger partial charge in [-0.1, -0.05) is 72.9 Å². The Bertz CT molecular complexity index is 1530. The molecule has 0 aliphatic carbocycles. The summed E-state index contributed by atoms with van der Waals surface area (Å²) in [5.74, 6) is 1.83. The number of amides is 1. The second kappa shape index (κ2) is 10.6. The molecule has 2 aromatic carbocycles. The van der Waals surface area contributed by atoms with Crippen LogP contribution in [0.15, 0.2) is 77.2 Å². The lowest BCUT2D eigenvalue weighted by atomic mass is 10.1. The first-order valence-electron chi connectivity index (χ1n) is 11.3. The van der Waals surface area contributed by atoms with Gasteiger partial charge in [-0.2, -0.15) is 9.61 Å². The third kappa shape index (κ3) is 5.40. The first-order valence-corrected chi connectivity index (χ1v) is 12.5. The number of aryl methyl sites for hydroxylation is 1. The molecule has 0 bridgehead atoms. The highest BCUT2D eigenvalue weighted by Crippen LogP contribution is 2.26. The molecule has 0 fully saturated rings. The number of nitrogens with zero attached hydrogens (tertiary/aromatic N) is 4. The predicted molar refractivity (Wildman–Crippen MR) is 144 cm³/mol. The van der Waals surface area contributed by atoms with Crippen molar-refractivity contribution in [3.05, 3.63) is 90.0 Å². The Kier molecular flexibility index (Phi) is 6.96. The van der Waals surface area contributed by atoms with E-state index < -0.39 is 0 Å². The molecule has 0 aliphatic heterocycles. The molecule has 0 atom stereocenters. The van der Waals surface area contributed by atoms with Crippen LogP contribution in [0.2, 0.25) is 0 Å². The minimum absolute atomic E-state index is 0.249. The molecule has 3 heterocycles. The highest BCUT2D eigenvalue weighted by Gasteiger charge is 2.12. The largest absolute Gasteiger partial charge is 0.457 e. The van der Waals surface area contributed by atoms with E-state index in [0.29, 0.717) is 12.3 Å². The van der Waals surface area contributed by atoms with Crippen LogP contribution in [0.1, 0.15) is 24.1 Å². The van der Waals surface area contributed by atoms with Gasteiger partial charge in [0.25, 0.3) is 0 Å². The van der Waals surface area contributed by atoms with E-state index in [4.69, 9.17) is 16.6 Å². The quantitative estimate of drug-likeness (QED) is 0.236. The molecule has 5 aromatic rings. The molecule has 5 rings (SSSR count). The standard InChI is InChI=1S/C26H22N6O2S2/c1-2-22-29-30-26-32(22)31-24(36-26)19-10-8-17(9-11-19)16-27-25(35)28-23(33)15-13-20-12-14-21(34-20)18-6-4-3-5-7-18/h3-15H,2,16H2,1H3,(H2,27,28,33,35)/b15-13+. The van der Waals surface area contributed by atoms with Gasteiger partial charge >= 0.3 is 0 Å². The van der Waals surface area contributed by atoms with Crippen molar-refractivity contribution >= 4 is 45.6 Å². The van der Waals surface area contributed by atoms with E-state index >= 15 is 0 Å². The second-order valence-electron chi connectivity index (χ2n) is 7.84. The number of hydrogen-bond donors (Lipinski definition) is 2. The van der Waals surface area contributed by atoms with Crippen molar-refractivity contribution in [3.8, 4) is 21.9 Å². The smallest absolute Gasteiger partial charge is 0.250 e. The first-order chi connectivity index (χ1) is 17.6. The molecule has 3 aromatic heterocycles. The lowest BCUT2D eigenvalue weighted by Crippen LogP contribution is -2.37. The van der Waals surface area contributed by atoms with Crippen LogP contribution in [0.5, 0.6) is 0 Å². The minimum Gasteiger partial charge on any atom is -0.457 e. The Morgan fingerprint density at radius 3 is 2.64 bits per heavy atom. The van der Waals surface area contributed by atoms with Crippen LogP contribution >= 0.6 is 23.6 Å². The van der Waals surface area contributed by atoms with Gasteiger partial charge in [-0.3, -0.25) is 10.1 Å². The molecule has 0 saturated heterocycles. The van der Waals surface area contributed by atoms with Crippen molar-refractivity contribution in [2.24, 2.45) is 0 Å². The van der Waals surface area contributed by atoms with Crippen molar-refractivity contribution in [2.75, 3.05) is 0 Å². The lowest BCUT2D eigenvalue weighted by Gasteiger charge is -2.08. The maximum Gasteiger partial charge on any atom is 0.250 e. The zero-order valence-electron chi connectivity index (χ0n) is 19.3. The zero-order valence-corrected chi connectivity index (χ0v) is 21.0. The maximum atomic E-state index is 12.2. The minimum atomic E-state index is -0.338. The summed E-state index contributed by atoms with van der Waals surface area (Å²) in [5.41, 5.74) is 3.00. The highest BCUT2D eigenvalue weighted by atomic mass is 32.1. The number of carbonyl (C=O) groups excluding carboxylic acids is 1. The molecule has 0 saturated carbocycles. The molecule has 0 unspecified atom stereocenters. The van der Waals surface area contributed by atoms with E-state index in [1.54, 1.807) is 10.6 Å². The Hall–Kier alpha value is -4.15. The SMILES string of the molecule is CCc1nnc2sc(-c3ccc(CNC(=S)NC(=O)/C=C/c4ccc(-c5ccccc5)o4)cc3)nn12. The fourth-order valence-corrected chi connectivity index (χ4v) is 4.53. The van der Waals surface area contributed by atoms with Gasteiger partial charge in [0.05, 0.1) is 0 Å². The molecular weight excluding hydrogens is 492 g/mol. The van der Waals surface area contributed by atoms with Gasteiger partial charge in [0.2, 0.25) is 10.9 Å². The third-order valence-corrected chi connectivity index (χ3v) is 6.54. The molecular formula is C26H22N6O2S2. The van der Waals surface area contributed by atoms with Crippen LogP contribution in [-0.2, 0) is 17.8 Å². The number of aromatic nitrogens is 4. The first kappa shape index (κ1) is 23.6. The molecule has 0 spiro atoms.